The third-order valence-electron chi connectivity index (χ3n) is 6.21. The Kier molecular flexibility index (Phi) is 5.26. The molecule has 6 nitrogen and oxygen atoms in total. The Morgan fingerprint density at radius 3 is 2.48 bits per heavy atom. The summed E-state index contributed by atoms with van der Waals surface area (Å²) in [6, 6.07) is 10.2. The molecule has 6 heteroatoms. The maximum atomic E-state index is 13.2. The van der Waals surface area contributed by atoms with E-state index >= 15 is 0 Å². The van der Waals surface area contributed by atoms with Crippen LogP contribution in [0.1, 0.15) is 36.7 Å². The van der Waals surface area contributed by atoms with Crippen molar-refractivity contribution in [2.24, 2.45) is 5.92 Å². The number of carbonyl (C=O) groups excluding carboxylic acids is 1. The second-order valence-corrected chi connectivity index (χ2v) is 8.20. The summed E-state index contributed by atoms with van der Waals surface area (Å²) in [4.78, 5) is 27.7. The van der Waals surface area contributed by atoms with Crippen molar-refractivity contribution in [1.82, 2.24) is 19.2 Å². The minimum Gasteiger partial charge on any atom is -0.343 e. The van der Waals surface area contributed by atoms with Crippen molar-refractivity contribution < 1.29 is 4.79 Å². The molecule has 3 heterocycles. The molecule has 0 aliphatic carbocycles. The maximum Gasteiger partial charge on any atom is 0.276 e. The topological polar surface area (TPSA) is 60.1 Å². The van der Waals surface area contributed by atoms with Gasteiger partial charge in [0.05, 0.1) is 11.6 Å². The molecule has 0 bridgehead atoms. The van der Waals surface area contributed by atoms with E-state index in [-0.39, 0.29) is 18.0 Å². The molecule has 1 aliphatic rings. The van der Waals surface area contributed by atoms with Crippen LogP contribution in [0.2, 0.25) is 0 Å². The van der Waals surface area contributed by atoms with Gasteiger partial charge in [-0.1, -0.05) is 37.3 Å². The first-order valence-electron chi connectivity index (χ1n) is 10.3. The molecule has 0 spiro atoms. The molecule has 0 radical (unpaired) electrons. The van der Waals surface area contributed by atoms with E-state index in [4.69, 9.17) is 0 Å². The van der Waals surface area contributed by atoms with E-state index < -0.39 is 0 Å². The lowest BCUT2D eigenvalue weighted by Gasteiger charge is -2.30. The van der Waals surface area contributed by atoms with E-state index in [9.17, 15) is 9.59 Å². The minimum absolute atomic E-state index is 0.00546. The van der Waals surface area contributed by atoms with Crippen LogP contribution >= 0.6 is 0 Å². The first-order valence-corrected chi connectivity index (χ1v) is 10.3. The molecule has 1 amide bonds. The summed E-state index contributed by atoms with van der Waals surface area (Å²) in [7, 11) is 0. The van der Waals surface area contributed by atoms with Crippen molar-refractivity contribution >= 4 is 16.7 Å². The van der Waals surface area contributed by atoms with Crippen molar-refractivity contribution in [1.29, 1.82) is 0 Å². The molecular formula is C23H28N4O2. The highest BCUT2D eigenvalue weighted by atomic mass is 16.2. The fourth-order valence-corrected chi connectivity index (χ4v) is 4.25. The highest BCUT2D eigenvalue weighted by Crippen LogP contribution is 2.23. The number of fused-ring (bicyclic) bond motifs is 1. The molecular weight excluding hydrogens is 364 g/mol. The molecule has 1 aromatic carbocycles. The summed E-state index contributed by atoms with van der Waals surface area (Å²) in [5.74, 6) is 0.634. The monoisotopic (exact) mass is 392 g/mol. The number of likely N-dealkylation sites (tertiary alicyclic amines) is 1. The number of rotatable bonds is 4. The van der Waals surface area contributed by atoms with E-state index in [1.165, 1.54) is 10.2 Å². The Balaban J connectivity index is 1.64. The Bertz CT molecular complexity index is 1090. The quantitative estimate of drug-likeness (QED) is 0.685. The maximum absolute atomic E-state index is 13.2. The van der Waals surface area contributed by atoms with Crippen LogP contribution in [-0.4, -0.2) is 38.2 Å². The highest BCUT2D eigenvalue weighted by Gasteiger charge is 2.22. The lowest BCUT2D eigenvalue weighted by atomic mass is 9.99. The van der Waals surface area contributed by atoms with Crippen molar-refractivity contribution in [2.75, 3.05) is 13.1 Å². The largest absolute Gasteiger partial charge is 0.343 e. The molecule has 0 saturated carbocycles. The van der Waals surface area contributed by atoms with Gasteiger partial charge in [0.2, 0.25) is 5.91 Å². The summed E-state index contributed by atoms with van der Waals surface area (Å²) >= 11 is 0. The van der Waals surface area contributed by atoms with Crippen LogP contribution in [0.3, 0.4) is 0 Å². The Morgan fingerprint density at radius 1 is 1.10 bits per heavy atom. The van der Waals surface area contributed by atoms with Crippen molar-refractivity contribution in [2.45, 2.75) is 46.7 Å². The van der Waals surface area contributed by atoms with Gasteiger partial charge in [0, 0.05) is 36.4 Å². The van der Waals surface area contributed by atoms with Gasteiger partial charge in [0.25, 0.3) is 5.56 Å². The van der Waals surface area contributed by atoms with Gasteiger partial charge in [-0.05, 0) is 38.2 Å². The van der Waals surface area contributed by atoms with E-state index in [1.54, 1.807) is 6.20 Å². The highest BCUT2D eigenvalue weighted by molar-refractivity contribution is 5.87. The van der Waals surface area contributed by atoms with E-state index in [1.807, 2.05) is 36.9 Å². The van der Waals surface area contributed by atoms with Crippen LogP contribution in [0.5, 0.6) is 0 Å². The third-order valence-corrected chi connectivity index (χ3v) is 6.21. The smallest absolute Gasteiger partial charge is 0.276 e. The predicted molar refractivity (Wildman–Crippen MR) is 114 cm³/mol. The minimum atomic E-state index is -0.186. The van der Waals surface area contributed by atoms with Gasteiger partial charge in [-0.25, -0.2) is 4.68 Å². The number of piperidine rings is 1. The molecule has 29 heavy (non-hydrogen) atoms. The van der Waals surface area contributed by atoms with Gasteiger partial charge in [-0.2, -0.15) is 5.10 Å². The molecule has 4 rings (SSSR count). The zero-order valence-electron chi connectivity index (χ0n) is 17.4. The first-order chi connectivity index (χ1) is 14.0. The number of aryl methyl sites for hydroxylation is 2. The van der Waals surface area contributed by atoms with Gasteiger partial charge in [-0.3, -0.25) is 9.59 Å². The average Bonchev–Trinajstić information content (AvgIpc) is 2.96. The van der Waals surface area contributed by atoms with Crippen LogP contribution in [0.4, 0.5) is 0 Å². The zero-order valence-corrected chi connectivity index (χ0v) is 17.4. The van der Waals surface area contributed by atoms with Crippen molar-refractivity contribution in [3.8, 4) is 0 Å². The molecule has 3 aromatic rings. The summed E-state index contributed by atoms with van der Waals surface area (Å²) in [5, 5.41) is 5.84. The predicted octanol–water partition coefficient (Wildman–Crippen LogP) is 3.12. The Hall–Kier alpha value is -2.89. The molecule has 0 atom stereocenters. The average molecular weight is 393 g/mol. The van der Waals surface area contributed by atoms with E-state index in [0.717, 1.165) is 42.7 Å². The lowest BCUT2D eigenvalue weighted by Crippen LogP contribution is -2.41. The van der Waals surface area contributed by atoms with E-state index in [0.29, 0.717) is 17.8 Å². The van der Waals surface area contributed by atoms with Crippen molar-refractivity contribution in [3.63, 3.8) is 0 Å². The first kappa shape index (κ1) is 19.4. The summed E-state index contributed by atoms with van der Waals surface area (Å²) in [6.07, 6.45) is 3.77. The number of nitrogens with zero attached hydrogens (tertiary/aromatic N) is 4. The number of aromatic nitrogens is 3. The number of hydrogen-bond donors (Lipinski definition) is 0. The second kappa shape index (κ2) is 7.85. The Morgan fingerprint density at radius 2 is 1.79 bits per heavy atom. The molecule has 1 fully saturated rings. The molecule has 2 aromatic heterocycles. The fourth-order valence-electron chi connectivity index (χ4n) is 4.25. The number of benzene rings is 1. The van der Waals surface area contributed by atoms with E-state index in [2.05, 4.69) is 28.7 Å². The van der Waals surface area contributed by atoms with Crippen LogP contribution in [0, 0.1) is 19.8 Å². The number of amides is 1. The molecule has 0 unspecified atom stereocenters. The number of hydrogen-bond acceptors (Lipinski definition) is 3. The summed E-state index contributed by atoms with van der Waals surface area (Å²) in [5.41, 5.74) is 2.94. The molecule has 1 aliphatic heterocycles. The van der Waals surface area contributed by atoms with Crippen LogP contribution in [0.25, 0.3) is 10.8 Å². The SMILES string of the molecule is Cc1c2cnn(CC(=O)N3CCC(C)CC3)c(=O)c2c(C)n1Cc1ccccc1. The zero-order chi connectivity index (χ0) is 20.5. The lowest BCUT2D eigenvalue weighted by molar-refractivity contribution is -0.133. The number of carbonyl (C=O) groups is 1. The normalized spacial score (nSPS) is 15.2. The summed E-state index contributed by atoms with van der Waals surface area (Å²) < 4.78 is 3.48. The molecule has 0 N–H and O–H groups in total. The second-order valence-electron chi connectivity index (χ2n) is 8.20. The van der Waals surface area contributed by atoms with Gasteiger partial charge in [0.15, 0.2) is 0 Å². The standard InChI is InChI=1S/C23H28N4O2/c1-16-9-11-25(12-10-16)21(28)15-27-23(29)22-18(3)26(17(2)20(22)13-24-27)14-19-7-5-4-6-8-19/h4-8,13,16H,9-12,14-15H2,1-3H3. The molecule has 1 saturated heterocycles. The van der Waals surface area contributed by atoms with Crippen LogP contribution in [-0.2, 0) is 17.9 Å². The van der Waals surface area contributed by atoms with Crippen LogP contribution < -0.4 is 5.56 Å². The van der Waals surface area contributed by atoms with Gasteiger partial charge < -0.3 is 9.47 Å². The third kappa shape index (κ3) is 3.71. The van der Waals surface area contributed by atoms with Gasteiger partial charge in [-0.15, -0.1) is 0 Å². The van der Waals surface area contributed by atoms with Crippen LogP contribution in [0.15, 0.2) is 41.3 Å². The fraction of sp³-hybridized carbons (Fsp3) is 0.435. The Labute approximate surface area is 170 Å². The van der Waals surface area contributed by atoms with Gasteiger partial charge >= 0.3 is 0 Å². The van der Waals surface area contributed by atoms with Crippen molar-refractivity contribution in [3.05, 3.63) is 63.8 Å². The van der Waals surface area contributed by atoms with Gasteiger partial charge in [0.1, 0.15) is 6.54 Å². The summed E-state index contributed by atoms with van der Waals surface area (Å²) in [6.45, 7) is 8.45. The molecule has 152 valence electrons.